The average molecular weight is 297 g/mol. The molecule has 2 fully saturated rings. The molecule has 0 aromatic heterocycles. The van der Waals surface area contributed by atoms with Gasteiger partial charge < -0.3 is 5.32 Å². The molecule has 2 aliphatic rings. The normalized spacial score (nSPS) is 27.8. The summed E-state index contributed by atoms with van der Waals surface area (Å²) >= 11 is 0. The van der Waals surface area contributed by atoms with Crippen LogP contribution in [0.25, 0.3) is 0 Å². The average Bonchev–Trinajstić information content (AvgIpc) is 2.76. The highest BCUT2D eigenvalue weighted by atomic mass is 16.2. The molecule has 1 spiro atoms. The van der Waals surface area contributed by atoms with Crippen LogP contribution in [-0.4, -0.2) is 22.4 Å². The minimum Gasteiger partial charge on any atom is -0.323 e. The van der Waals surface area contributed by atoms with E-state index in [1.807, 2.05) is 0 Å². The van der Waals surface area contributed by atoms with E-state index < -0.39 is 5.54 Å². The van der Waals surface area contributed by atoms with E-state index in [-0.39, 0.29) is 18.5 Å². The van der Waals surface area contributed by atoms with Crippen LogP contribution in [0, 0.1) is 17.2 Å². The van der Waals surface area contributed by atoms with Gasteiger partial charge in [-0.1, -0.05) is 19.1 Å². The van der Waals surface area contributed by atoms with E-state index in [2.05, 4.69) is 18.3 Å². The Labute approximate surface area is 129 Å². The van der Waals surface area contributed by atoms with E-state index in [1.54, 1.807) is 24.3 Å². The molecular formula is C17H19N3O2. The first-order chi connectivity index (χ1) is 10.5. The van der Waals surface area contributed by atoms with Crippen molar-refractivity contribution >= 4 is 11.9 Å². The van der Waals surface area contributed by atoms with Gasteiger partial charge in [-0.2, -0.15) is 5.26 Å². The molecule has 1 saturated carbocycles. The number of nitrogens with zero attached hydrogens (tertiary/aromatic N) is 2. The fraction of sp³-hybridized carbons (Fsp3) is 0.471. The Morgan fingerprint density at radius 1 is 1.27 bits per heavy atom. The zero-order chi connectivity index (χ0) is 15.7. The van der Waals surface area contributed by atoms with Gasteiger partial charge in [-0.05, 0) is 49.3 Å². The van der Waals surface area contributed by atoms with Crippen LogP contribution in [0.3, 0.4) is 0 Å². The largest absolute Gasteiger partial charge is 0.325 e. The third-order valence-electron chi connectivity index (χ3n) is 4.80. The van der Waals surface area contributed by atoms with Gasteiger partial charge in [0.05, 0.1) is 18.2 Å². The molecule has 0 atom stereocenters. The summed E-state index contributed by atoms with van der Waals surface area (Å²) in [5, 5.41) is 11.7. The number of rotatable bonds is 2. The lowest BCUT2D eigenvalue weighted by molar-refractivity contribution is -0.133. The number of amides is 3. The Morgan fingerprint density at radius 2 is 1.91 bits per heavy atom. The molecule has 22 heavy (non-hydrogen) atoms. The maximum absolute atomic E-state index is 12.7. The Balaban J connectivity index is 1.75. The van der Waals surface area contributed by atoms with Crippen molar-refractivity contribution in [2.24, 2.45) is 5.92 Å². The van der Waals surface area contributed by atoms with Crippen LogP contribution in [0.4, 0.5) is 4.79 Å². The maximum atomic E-state index is 12.7. The summed E-state index contributed by atoms with van der Waals surface area (Å²) in [6.45, 7) is 2.44. The molecule has 3 rings (SSSR count). The highest BCUT2D eigenvalue weighted by molar-refractivity contribution is 6.07. The zero-order valence-electron chi connectivity index (χ0n) is 12.6. The predicted molar refractivity (Wildman–Crippen MR) is 80.6 cm³/mol. The van der Waals surface area contributed by atoms with Crippen LogP contribution < -0.4 is 5.32 Å². The number of carbonyl (C=O) groups is 2. The second-order valence-corrected chi connectivity index (χ2v) is 6.39. The number of nitriles is 1. The van der Waals surface area contributed by atoms with Gasteiger partial charge in [0.25, 0.3) is 5.91 Å². The van der Waals surface area contributed by atoms with E-state index in [4.69, 9.17) is 5.26 Å². The van der Waals surface area contributed by atoms with Gasteiger partial charge in [0, 0.05) is 0 Å². The lowest BCUT2D eigenvalue weighted by Crippen LogP contribution is -2.49. The van der Waals surface area contributed by atoms with Crippen LogP contribution >= 0.6 is 0 Å². The van der Waals surface area contributed by atoms with Gasteiger partial charge in [-0.3, -0.25) is 9.69 Å². The predicted octanol–water partition coefficient (Wildman–Crippen LogP) is 2.56. The van der Waals surface area contributed by atoms with Crippen molar-refractivity contribution in [2.45, 2.75) is 44.7 Å². The molecule has 114 valence electrons. The Bertz CT molecular complexity index is 637. The minimum absolute atomic E-state index is 0.103. The quantitative estimate of drug-likeness (QED) is 0.853. The van der Waals surface area contributed by atoms with E-state index in [9.17, 15) is 9.59 Å². The first-order valence-corrected chi connectivity index (χ1v) is 7.67. The van der Waals surface area contributed by atoms with Gasteiger partial charge in [0.15, 0.2) is 0 Å². The van der Waals surface area contributed by atoms with Crippen LogP contribution in [0.1, 0.15) is 43.7 Å². The van der Waals surface area contributed by atoms with Crippen LogP contribution in [0.5, 0.6) is 0 Å². The molecule has 5 heteroatoms. The van der Waals surface area contributed by atoms with Crippen molar-refractivity contribution in [1.29, 1.82) is 5.26 Å². The Morgan fingerprint density at radius 3 is 2.50 bits per heavy atom. The third kappa shape index (κ3) is 2.45. The molecule has 5 nitrogen and oxygen atoms in total. The lowest BCUT2D eigenvalue weighted by atomic mass is 9.77. The lowest BCUT2D eigenvalue weighted by Gasteiger charge is -2.33. The molecule has 0 bridgehead atoms. The molecule has 3 amide bonds. The molecule has 1 N–H and O–H groups in total. The Kier molecular flexibility index (Phi) is 3.61. The summed E-state index contributed by atoms with van der Waals surface area (Å²) < 4.78 is 0. The summed E-state index contributed by atoms with van der Waals surface area (Å²) in [7, 11) is 0. The number of urea groups is 1. The summed E-state index contributed by atoms with van der Waals surface area (Å²) in [5.74, 6) is 0.511. The topological polar surface area (TPSA) is 73.2 Å². The molecule has 1 aromatic rings. The second-order valence-electron chi connectivity index (χ2n) is 6.39. The number of hydrogen-bond acceptors (Lipinski definition) is 3. The molecule has 1 aliphatic carbocycles. The third-order valence-corrected chi connectivity index (χ3v) is 4.80. The molecule has 1 aliphatic heterocycles. The van der Waals surface area contributed by atoms with E-state index >= 15 is 0 Å². The zero-order valence-corrected chi connectivity index (χ0v) is 12.6. The summed E-state index contributed by atoms with van der Waals surface area (Å²) in [6.07, 6.45) is 3.39. The van der Waals surface area contributed by atoms with Gasteiger partial charge in [-0.15, -0.1) is 0 Å². The van der Waals surface area contributed by atoms with Crippen molar-refractivity contribution in [3.05, 3.63) is 35.4 Å². The first kappa shape index (κ1) is 14.6. The smallest absolute Gasteiger partial charge is 0.323 e. The molecular weight excluding hydrogens is 278 g/mol. The molecule has 1 aromatic carbocycles. The van der Waals surface area contributed by atoms with Crippen molar-refractivity contribution < 1.29 is 9.59 Å². The first-order valence-electron chi connectivity index (χ1n) is 7.67. The number of carbonyl (C=O) groups excluding carboxylic acids is 2. The fourth-order valence-corrected chi connectivity index (χ4v) is 3.28. The molecule has 1 heterocycles. The van der Waals surface area contributed by atoms with Crippen molar-refractivity contribution in [2.75, 3.05) is 0 Å². The maximum Gasteiger partial charge on any atom is 0.325 e. The van der Waals surface area contributed by atoms with Crippen LogP contribution in [0.15, 0.2) is 24.3 Å². The minimum atomic E-state index is -0.684. The van der Waals surface area contributed by atoms with E-state index in [1.165, 1.54) is 4.90 Å². The number of hydrogen-bond donors (Lipinski definition) is 1. The van der Waals surface area contributed by atoms with Crippen molar-refractivity contribution in [1.82, 2.24) is 10.2 Å². The molecule has 0 radical (unpaired) electrons. The van der Waals surface area contributed by atoms with E-state index in [0.29, 0.717) is 11.5 Å². The van der Waals surface area contributed by atoms with Crippen LogP contribution in [-0.2, 0) is 11.3 Å². The monoisotopic (exact) mass is 297 g/mol. The van der Waals surface area contributed by atoms with Gasteiger partial charge in [-0.25, -0.2) is 4.79 Å². The number of nitrogens with one attached hydrogen (secondary N) is 1. The SMILES string of the molecule is CC1CCC2(CC1)NC(=O)N(Cc1ccc(C#N)cc1)C2=O. The molecule has 1 saturated heterocycles. The van der Waals surface area contributed by atoms with Crippen LogP contribution in [0.2, 0.25) is 0 Å². The van der Waals surface area contributed by atoms with Gasteiger partial charge in [0.2, 0.25) is 0 Å². The fourth-order valence-electron chi connectivity index (χ4n) is 3.28. The standard InChI is InChI=1S/C17H19N3O2/c1-12-6-8-17(9-7-12)15(21)20(16(22)19-17)11-14-4-2-13(10-18)3-5-14/h2-5,12H,6-9,11H2,1H3,(H,19,22). The van der Waals surface area contributed by atoms with Gasteiger partial charge >= 0.3 is 6.03 Å². The van der Waals surface area contributed by atoms with Gasteiger partial charge in [0.1, 0.15) is 5.54 Å². The van der Waals surface area contributed by atoms with E-state index in [0.717, 1.165) is 31.2 Å². The molecule has 0 unspecified atom stereocenters. The van der Waals surface area contributed by atoms with Crippen molar-refractivity contribution in [3.63, 3.8) is 0 Å². The number of benzene rings is 1. The second kappa shape index (κ2) is 5.45. The highest BCUT2D eigenvalue weighted by Gasteiger charge is 2.51. The van der Waals surface area contributed by atoms with Crippen molar-refractivity contribution in [3.8, 4) is 6.07 Å². The summed E-state index contributed by atoms with van der Waals surface area (Å²) in [4.78, 5) is 26.2. The summed E-state index contributed by atoms with van der Waals surface area (Å²) in [5.41, 5.74) is 0.735. The number of imide groups is 1. The Hall–Kier alpha value is -2.35. The summed E-state index contributed by atoms with van der Waals surface area (Å²) in [6, 6.07) is 8.72. The highest BCUT2D eigenvalue weighted by Crippen LogP contribution is 2.36.